The van der Waals surface area contributed by atoms with Crippen molar-refractivity contribution in [3.05, 3.63) is 71.8 Å². The minimum Gasteiger partial charge on any atom is -0.387 e. The van der Waals surface area contributed by atoms with Gasteiger partial charge in [-0.2, -0.15) is 10.5 Å². The van der Waals surface area contributed by atoms with Gasteiger partial charge < -0.3 is 5.11 Å². The number of hydrogen-bond acceptors (Lipinski definition) is 4. The van der Waals surface area contributed by atoms with Gasteiger partial charge in [-0.05, 0) is 5.56 Å². The van der Waals surface area contributed by atoms with E-state index in [4.69, 9.17) is 17.4 Å². The standard InChI is InChI=1S/C9H9NO.C7H6O.C2H3N.CH4/c10-7-6-9(11)8-4-2-1-3-5-8;8-6-7-4-2-1-3-5-7;1-2-3;/h1-5,9,11H,6H2;1-6H;1H3;1H4/i6D2;;1D3;. The van der Waals surface area contributed by atoms with Crippen LogP contribution in [0.5, 0.6) is 0 Å². The van der Waals surface area contributed by atoms with Crippen molar-refractivity contribution in [2.45, 2.75) is 26.8 Å². The SMILES string of the molecule is C.O=Cc1ccccc1.[2H]C([2H])(C#N)C(O)c1ccccc1.[2H]C([2H])([2H])C#N. The lowest BCUT2D eigenvalue weighted by atomic mass is 10.1. The monoisotopic (exact) mass is 315 g/mol. The zero-order valence-electron chi connectivity index (χ0n) is 16.7. The molecule has 1 unspecified atom stereocenters. The van der Waals surface area contributed by atoms with Gasteiger partial charge in [0, 0.05) is 19.3 Å². The first kappa shape index (κ1) is 13.7. The van der Waals surface area contributed by atoms with Gasteiger partial charge in [0.05, 0.1) is 24.6 Å². The maximum atomic E-state index is 10.0. The number of carbonyl (C=O) groups excluding carboxylic acids is 1. The molecule has 2 aromatic rings. The van der Waals surface area contributed by atoms with Crippen LogP contribution in [0.2, 0.25) is 0 Å². The molecule has 0 saturated heterocycles. The van der Waals surface area contributed by atoms with Crippen LogP contribution >= 0.6 is 0 Å². The molecule has 0 heterocycles. The molecule has 0 aliphatic rings. The number of nitrogens with zero attached hydrogens (tertiary/aromatic N) is 2. The molecule has 120 valence electrons. The molecular formula is C19H22N2O2. The van der Waals surface area contributed by atoms with Gasteiger partial charge in [-0.1, -0.05) is 68.1 Å². The smallest absolute Gasteiger partial charge is 0.150 e. The van der Waals surface area contributed by atoms with Crippen LogP contribution in [-0.2, 0) is 0 Å². The van der Waals surface area contributed by atoms with E-state index in [1.54, 1.807) is 42.5 Å². The highest BCUT2D eigenvalue weighted by molar-refractivity contribution is 5.74. The quantitative estimate of drug-likeness (QED) is 0.856. The summed E-state index contributed by atoms with van der Waals surface area (Å²) in [6.45, 7) is -2.40. The highest BCUT2D eigenvalue weighted by Gasteiger charge is 2.03. The minimum atomic E-state index is -2.40. The Balaban J connectivity index is 0. The molecular weight excluding hydrogens is 288 g/mol. The van der Waals surface area contributed by atoms with Crippen LogP contribution in [0.4, 0.5) is 0 Å². The summed E-state index contributed by atoms with van der Waals surface area (Å²) < 4.78 is 32.8. The summed E-state index contributed by atoms with van der Waals surface area (Å²) in [4.78, 5) is 10.0. The fourth-order valence-electron chi connectivity index (χ4n) is 1.31. The summed E-state index contributed by atoms with van der Waals surface area (Å²) in [7, 11) is 0. The lowest BCUT2D eigenvalue weighted by Gasteiger charge is -2.04. The minimum absolute atomic E-state index is 0. The normalized spacial score (nSPS) is 13.4. The van der Waals surface area contributed by atoms with Crippen molar-refractivity contribution >= 4 is 6.29 Å². The van der Waals surface area contributed by atoms with Crippen LogP contribution in [-0.4, -0.2) is 11.4 Å². The number of aliphatic hydroxyl groups is 1. The van der Waals surface area contributed by atoms with E-state index in [1.165, 1.54) is 6.07 Å². The Kier molecular flexibility index (Phi) is 9.19. The molecule has 23 heavy (non-hydrogen) atoms. The lowest BCUT2D eigenvalue weighted by molar-refractivity contribution is 0.112. The van der Waals surface area contributed by atoms with Gasteiger partial charge in [0.1, 0.15) is 6.29 Å². The maximum absolute atomic E-state index is 10.0. The molecule has 0 fully saturated rings. The van der Waals surface area contributed by atoms with Crippen molar-refractivity contribution in [1.29, 1.82) is 10.5 Å². The average molecular weight is 315 g/mol. The molecule has 0 spiro atoms. The Morgan fingerprint density at radius 3 is 2.00 bits per heavy atom. The first-order chi connectivity index (χ1) is 12.6. The van der Waals surface area contributed by atoms with Gasteiger partial charge in [0.25, 0.3) is 0 Å². The highest BCUT2D eigenvalue weighted by atomic mass is 16.3. The number of rotatable bonds is 3. The molecule has 4 heteroatoms. The van der Waals surface area contributed by atoms with Gasteiger partial charge >= 0.3 is 0 Å². The van der Waals surface area contributed by atoms with Gasteiger partial charge in [-0.3, -0.25) is 4.79 Å². The van der Waals surface area contributed by atoms with Crippen molar-refractivity contribution in [2.24, 2.45) is 0 Å². The van der Waals surface area contributed by atoms with Crippen molar-refractivity contribution in [3.63, 3.8) is 0 Å². The average Bonchev–Trinajstić information content (AvgIpc) is 2.69. The molecule has 4 nitrogen and oxygen atoms in total. The maximum Gasteiger partial charge on any atom is 0.150 e. The summed E-state index contributed by atoms with van der Waals surface area (Å²) in [5.74, 6) is 0. The van der Waals surface area contributed by atoms with E-state index in [2.05, 4.69) is 0 Å². The van der Waals surface area contributed by atoms with Crippen LogP contribution in [0.25, 0.3) is 0 Å². The lowest BCUT2D eigenvalue weighted by Crippen LogP contribution is -1.94. The van der Waals surface area contributed by atoms with Crippen molar-refractivity contribution < 1.29 is 16.8 Å². The Morgan fingerprint density at radius 2 is 1.65 bits per heavy atom. The van der Waals surface area contributed by atoms with Gasteiger partial charge in [-0.25, -0.2) is 0 Å². The number of aliphatic hydroxyl groups excluding tert-OH is 1. The van der Waals surface area contributed by atoms with E-state index < -0.39 is 19.3 Å². The summed E-state index contributed by atoms with van der Waals surface area (Å²) in [5.41, 5.74) is 1.14. The Bertz CT molecular complexity index is 767. The fraction of sp³-hybridized carbons (Fsp3) is 0.211. The van der Waals surface area contributed by atoms with E-state index in [0.29, 0.717) is 5.56 Å². The second kappa shape index (κ2) is 15.4. The van der Waals surface area contributed by atoms with E-state index >= 15 is 0 Å². The molecule has 0 aliphatic heterocycles. The van der Waals surface area contributed by atoms with E-state index in [1.807, 2.05) is 18.2 Å². The topological polar surface area (TPSA) is 84.9 Å². The van der Waals surface area contributed by atoms with Crippen LogP contribution in [0.15, 0.2) is 60.7 Å². The number of hydrogen-bond donors (Lipinski definition) is 1. The van der Waals surface area contributed by atoms with Crippen molar-refractivity contribution in [1.82, 2.24) is 0 Å². The highest BCUT2D eigenvalue weighted by Crippen LogP contribution is 2.14. The molecule has 0 aliphatic carbocycles. The summed E-state index contributed by atoms with van der Waals surface area (Å²) in [5, 5.41) is 25.5. The zero-order valence-corrected chi connectivity index (χ0v) is 11.7. The first-order valence-electron chi connectivity index (χ1n) is 8.63. The molecule has 2 aromatic carbocycles. The van der Waals surface area contributed by atoms with Crippen LogP contribution in [0.3, 0.4) is 0 Å². The van der Waals surface area contributed by atoms with Crippen molar-refractivity contribution in [3.8, 4) is 12.1 Å². The zero-order chi connectivity index (χ0) is 20.9. The molecule has 1 N–H and O–H groups in total. The number of aldehydes is 1. The Hall–Kier alpha value is -2.95. The van der Waals surface area contributed by atoms with Gasteiger partial charge in [0.15, 0.2) is 0 Å². The number of benzene rings is 2. The number of nitriles is 2. The summed E-state index contributed by atoms with van der Waals surface area (Å²) >= 11 is 0. The second-order valence-corrected chi connectivity index (χ2v) is 3.71. The fourth-order valence-corrected chi connectivity index (χ4v) is 1.31. The molecule has 0 saturated carbocycles. The summed E-state index contributed by atoms with van der Waals surface area (Å²) in [6.07, 6.45) is -2.79. The third-order valence-corrected chi connectivity index (χ3v) is 2.25. The second-order valence-electron chi connectivity index (χ2n) is 3.71. The van der Waals surface area contributed by atoms with Crippen LogP contribution in [0.1, 0.15) is 49.5 Å². The van der Waals surface area contributed by atoms with E-state index in [9.17, 15) is 9.90 Å². The van der Waals surface area contributed by atoms with Crippen LogP contribution < -0.4 is 0 Å². The predicted octanol–water partition coefficient (Wildman–Crippen LogP) is 4.30. The van der Waals surface area contributed by atoms with Gasteiger partial charge in [0.2, 0.25) is 0 Å². The Morgan fingerprint density at radius 1 is 1.17 bits per heavy atom. The molecule has 0 amide bonds. The predicted molar refractivity (Wildman–Crippen MR) is 91.5 cm³/mol. The largest absolute Gasteiger partial charge is 0.387 e. The third-order valence-electron chi connectivity index (χ3n) is 2.25. The molecule has 2 rings (SSSR count). The molecule has 0 aromatic heterocycles. The molecule has 1 atom stereocenters. The third kappa shape index (κ3) is 11.4. The van der Waals surface area contributed by atoms with Gasteiger partial charge in [-0.15, -0.1) is 0 Å². The van der Waals surface area contributed by atoms with Crippen molar-refractivity contribution in [2.75, 3.05) is 0 Å². The van der Waals surface area contributed by atoms with Crippen LogP contribution in [0, 0.1) is 22.7 Å². The molecule has 0 radical (unpaired) electrons. The van der Waals surface area contributed by atoms with E-state index in [0.717, 1.165) is 17.9 Å². The molecule has 0 bridgehead atoms. The van der Waals surface area contributed by atoms with E-state index in [-0.39, 0.29) is 7.43 Å². The first-order valence-corrected chi connectivity index (χ1v) is 6.13. The Labute approximate surface area is 145 Å². The number of carbonyl (C=O) groups is 1. The summed E-state index contributed by atoms with van der Waals surface area (Å²) in [6, 6.07) is 19.9.